The number of primary amides is 1. The number of nitrogens with zero attached hydrogens (tertiary/aromatic N) is 1. The van der Waals surface area contributed by atoms with Crippen molar-refractivity contribution in [2.45, 2.75) is 37.8 Å². The van der Waals surface area contributed by atoms with Crippen LogP contribution in [0.5, 0.6) is 0 Å². The Hall–Kier alpha value is -0.610. The molecule has 0 saturated carbocycles. The van der Waals surface area contributed by atoms with Gasteiger partial charge in [0, 0.05) is 12.1 Å². The van der Waals surface area contributed by atoms with Crippen LogP contribution < -0.4 is 11.1 Å². The number of carbonyl (C=O) groups is 1. The summed E-state index contributed by atoms with van der Waals surface area (Å²) in [5, 5.41) is 3.23. The maximum absolute atomic E-state index is 10.6. The molecular formula is C10H19N3O. The number of hydrogen-bond acceptors (Lipinski definition) is 3. The van der Waals surface area contributed by atoms with Gasteiger partial charge in [-0.3, -0.25) is 4.79 Å². The third kappa shape index (κ3) is 2.25. The molecule has 0 radical (unpaired) electrons. The first-order valence-corrected chi connectivity index (χ1v) is 5.51. The van der Waals surface area contributed by atoms with Crippen molar-refractivity contribution in [1.29, 1.82) is 0 Å². The van der Waals surface area contributed by atoms with E-state index < -0.39 is 0 Å². The van der Waals surface area contributed by atoms with E-state index in [2.05, 4.69) is 10.2 Å². The second kappa shape index (κ2) is 4.28. The first kappa shape index (κ1) is 9.93. The lowest BCUT2D eigenvalue weighted by atomic mass is 9.98. The van der Waals surface area contributed by atoms with Gasteiger partial charge in [-0.15, -0.1) is 0 Å². The fourth-order valence-electron chi connectivity index (χ4n) is 2.65. The van der Waals surface area contributed by atoms with Gasteiger partial charge < -0.3 is 16.0 Å². The number of nitrogens with one attached hydrogen (secondary N) is 1. The minimum absolute atomic E-state index is 0.251. The van der Waals surface area contributed by atoms with Crippen LogP contribution in [0.4, 0.5) is 0 Å². The molecule has 0 aliphatic carbocycles. The number of carbonyl (C=O) groups excluding carboxylic acids is 1. The third-order valence-corrected chi connectivity index (χ3v) is 3.39. The molecule has 2 aliphatic heterocycles. The Morgan fingerprint density at radius 2 is 2.29 bits per heavy atom. The zero-order valence-electron chi connectivity index (χ0n) is 8.54. The van der Waals surface area contributed by atoms with Gasteiger partial charge in [-0.05, 0) is 38.8 Å². The Balaban J connectivity index is 1.77. The molecule has 0 bridgehead atoms. The van der Waals surface area contributed by atoms with E-state index in [9.17, 15) is 4.79 Å². The number of nitrogens with two attached hydrogens (primary N) is 1. The summed E-state index contributed by atoms with van der Waals surface area (Å²) in [5.41, 5.74) is 5.10. The normalized spacial score (nSPS) is 32.9. The van der Waals surface area contributed by atoms with Crippen LogP contribution in [-0.2, 0) is 4.79 Å². The fraction of sp³-hybridized carbons (Fsp3) is 0.900. The maximum atomic E-state index is 10.6. The maximum Gasteiger partial charge on any atom is 0.231 e. The highest BCUT2D eigenvalue weighted by molar-refractivity contribution is 5.75. The van der Waals surface area contributed by atoms with Gasteiger partial charge in [-0.1, -0.05) is 0 Å². The number of hydrogen-bond donors (Lipinski definition) is 2. The zero-order chi connectivity index (χ0) is 9.97. The van der Waals surface area contributed by atoms with Crippen LogP contribution in [0, 0.1) is 0 Å². The van der Waals surface area contributed by atoms with Gasteiger partial charge in [0.15, 0.2) is 0 Å². The van der Waals surface area contributed by atoms with Crippen LogP contribution in [-0.4, -0.2) is 42.5 Å². The molecule has 2 saturated heterocycles. The van der Waals surface area contributed by atoms with E-state index >= 15 is 0 Å². The summed E-state index contributed by atoms with van der Waals surface area (Å²) in [4.78, 5) is 13.2. The molecule has 2 heterocycles. The highest BCUT2D eigenvalue weighted by Gasteiger charge is 2.31. The SMILES string of the molecule is NC(=O)CNC1CCN2CCCC2C1. The van der Waals surface area contributed by atoms with Gasteiger partial charge in [-0.2, -0.15) is 0 Å². The second-order valence-corrected chi connectivity index (χ2v) is 4.40. The predicted octanol–water partition coefficient (Wildman–Crippen LogP) is -0.312. The van der Waals surface area contributed by atoms with Gasteiger partial charge in [0.25, 0.3) is 0 Å². The van der Waals surface area contributed by atoms with Gasteiger partial charge in [-0.25, -0.2) is 0 Å². The van der Waals surface area contributed by atoms with E-state index in [0.29, 0.717) is 12.6 Å². The Kier molecular flexibility index (Phi) is 3.03. The molecule has 2 aliphatic rings. The van der Waals surface area contributed by atoms with Crippen molar-refractivity contribution in [3.8, 4) is 0 Å². The monoisotopic (exact) mass is 197 g/mol. The molecule has 14 heavy (non-hydrogen) atoms. The highest BCUT2D eigenvalue weighted by Crippen LogP contribution is 2.26. The molecule has 0 aromatic carbocycles. The standard InChI is InChI=1S/C10H19N3O/c11-10(14)7-12-8-3-5-13-4-1-2-9(13)6-8/h8-9,12H,1-7H2,(H2,11,14). The predicted molar refractivity (Wildman–Crippen MR) is 54.8 cm³/mol. The van der Waals surface area contributed by atoms with Gasteiger partial charge >= 0.3 is 0 Å². The average molecular weight is 197 g/mol. The van der Waals surface area contributed by atoms with Crippen LogP contribution in [0.1, 0.15) is 25.7 Å². The summed E-state index contributed by atoms with van der Waals surface area (Å²) in [6.45, 7) is 2.78. The van der Waals surface area contributed by atoms with E-state index in [1.807, 2.05) is 0 Å². The van der Waals surface area contributed by atoms with E-state index in [-0.39, 0.29) is 5.91 Å². The molecule has 4 nitrogen and oxygen atoms in total. The van der Waals surface area contributed by atoms with E-state index in [1.165, 1.54) is 32.4 Å². The highest BCUT2D eigenvalue weighted by atomic mass is 16.1. The lowest BCUT2D eigenvalue weighted by molar-refractivity contribution is -0.117. The quantitative estimate of drug-likeness (QED) is 0.652. The molecule has 4 heteroatoms. The lowest BCUT2D eigenvalue weighted by Crippen LogP contribution is -2.47. The zero-order valence-corrected chi connectivity index (χ0v) is 8.54. The average Bonchev–Trinajstić information content (AvgIpc) is 2.61. The molecule has 0 aromatic heterocycles. The number of fused-ring (bicyclic) bond motifs is 1. The summed E-state index contributed by atoms with van der Waals surface area (Å²) in [7, 11) is 0. The first-order valence-electron chi connectivity index (χ1n) is 5.51. The summed E-state index contributed by atoms with van der Waals surface area (Å²) in [6, 6.07) is 1.26. The molecule has 2 fully saturated rings. The van der Waals surface area contributed by atoms with Gasteiger partial charge in [0.2, 0.25) is 5.91 Å². The second-order valence-electron chi connectivity index (χ2n) is 4.40. The molecule has 2 rings (SSSR count). The van der Waals surface area contributed by atoms with Crippen molar-refractivity contribution in [3.63, 3.8) is 0 Å². The molecule has 1 amide bonds. The lowest BCUT2D eigenvalue weighted by Gasteiger charge is -2.35. The minimum atomic E-state index is -0.251. The largest absolute Gasteiger partial charge is 0.369 e. The molecule has 0 spiro atoms. The number of amides is 1. The van der Waals surface area contributed by atoms with Crippen LogP contribution in [0.3, 0.4) is 0 Å². The van der Waals surface area contributed by atoms with Crippen LogP contribution in [0.25, 0.3) is 0 Å². The molecular weight excluding hydrogens is 178 g/mol. The van der Waals surface area contributed by atoms with Crippen LogP contribution >= 0.6 is 0 Å². The van der Waals surface area contributed by atoms with Crippen molar-refractivity contribution in [2.75, 3.05) is 19.6 Å². The molecule has 2 unspecified atom stereocenters. The molecule has 3 N–H and O–H groups in total. The summed E-state index contributed by atoms with van der Waals surface area (Å²) in [5.74, 6) is -0.251. The van der Waals surface area contributed by atoms with Crippen molar-refractivity contribution in [2.24, 2.45) is 5.73 Å². The Morgan fingerprint density at radius 3 is 3.07 bits per heavy atom. The molecule has 2 atom stereocenters. The Morgan fingerprint density at radius 1 is 1.43 bits per heavy atom. The molecule has 0 aromatic rings. The summed E-state index contributed by atoms with van der Waals surface area (Å²) >= 11 is 0. The van der Waals surface area contributed by atoms with Gasteiger partial charge in [0.05, 0.1) is 6.54 Å². The summed E-state index contributed by atoms with van der Waals surface area (Å²) < 4.78 is 0. The summed E-state index contributed by atoms with van der Waals surface area (Å²) in [6.07, 6.45) is 5.01. The smallest absolute Gasteiger partial charge is 0.231 e. The van der Waals surface area contributed by atoms with Crippen LogP contribution in [0.15, 0.2) is 0 Å². The van der Waals surface area contributed by atoms with Crippen molar-refractivity contribution < 1.29 is 4.79 Å². The van der Waals surface area contributed by atoms with Crippen molar-refractivity contribution in [3.05, 3.63) is 0 Å². The first-order chi connectivity index (χ1) is 6.75. The molecule has 80 valence electrons. The fourth-order valence-corrected chi connectivity index (χ4v) is 2.65. The van der Waals surface area contributed by atoms with E-state index in [0.717, 1.165) is 12.5 Å². The number of piperidine rings is 1. The van der Waals surface area contributed by atoms with Crippen LogP contribution in [0.2, 0.25) is 0 Å². The minimum Gasteiger partial charge on any atom is -0.369 e. The van der Waals surface area contributed by atoms with Crippen molar-refractivity contribution >= 4 is 5.91 Å². The van der Waals surface area contributed by atoms with E-state index in [4.69, 9.17) is 5.73 Å². The van der Waals surface area contributed by atoms with Gasteiger partial charge in [0.1, 0.15) is 0 Å². The topological polar surface area (TPSA) is 58.4 Å². The van der Waals surface area contributed by atoms with E-state index in [1.54, 1.807) is 0 Å². The third-order valence-electron chi connectivity index (χ3n) is 3.39. The Bertz CT molecular complexity index is 219. The Labute approximate surface area is 84.8 Å². The van der Waals surface area contributed by atoms with Crippen molar-refractivity contribution in [1.82, 2.24) is 10.2 Å². The number of rotatable bonds is 3.